The van der Waals surface area contributed by atoms with Gasteiger partial charge in [0, 0.05) is 23.2 Å². The Hall–Kier alpha value is -1.07. The van der Waals surface area contributed by atoms with Crippen LogP contribution >= 0.6 is 15.9 Å². The molecular weight excluding hydrogens is 296 g/mol. The van der Waals surface area contributed by atoms with Crippen molar-refractivity contribution in [3.63, 3.8) is 0 Å². The standard InChI is InChI=1S/C13H17BrN2O2/c1-13(18)4-6-16(7-5-13)12(17)10-8-9(14)2-3-11(10)15/h2-3,8,18H,4-7,15H2,1H3. The number of hydrogen-bond acceptors (Lipinski definition) is 3. The molecule has 3 N–H and O–H groups in total. The van der Waals surface area contributed by atoms with Crippen LogP contribution in [0.3, 0.4) is 0 Å². The largest absolute Gasteiger partial charge is 0.398 e. The van der Waals surface area contributed by atoms with Crippen LogP contribution in [0.25, 0.3) is 0 Å². The van der Waals surface area contributed by atoms with E-state index in [2.05, 4.69) is 15.9 Å². The molecule has 0 aliphatic carbocycles. The van der Waals surface area contributed by atoms with Crippen molar-refractivity contribution >= 4 is 27.5 Å². The molecule has 18 heavy (non-hydrogen) atoms. The number of rotatable bonds is 1. The summed E-state index contributed by atoms with van der Waals surface area (Å²) in [7, 11) is 0. The maximum atomic E-state index is 12.3. The summed E-state index contributed by atoms with van der Waals surface area (Å²) < 4.78 is 0.837. The number of benzene rings is 1. The average molecular weight is 313 g/mol. The number of carbonyl (C=O) groups is 1. The molecule has 0 spiro atoms. The minimum atomic E-state index is -0.653. The number of carbonyl (C=O) groups excluding carboxylic acids is 1. The van der Waals surface area contributed by atoms with E-state index in [4.69, 9.17) is 5.73 Å². The molecular formula is C13H17BrN2O2. The summed E-state index contributed by atoms with van der Waals surface area (Å²) in [5, 5.41) is 9.87. The smallest absolute Gasteiger partial charge is 0.255 e. The van der Waals surface area contributed by atoms with Crippen molar-refractivity contribution in [3.05, 3.63) is 28.2 Å². The zero-order valence-electron chi connectivity index (χ0n) is 10.3. The van der Waals surface area contributed by atoms with Gasteiger partial charge in [0.05, 0.1) is 11.2 Å². The summed E-state index contributed by atoms with van der Waals surface area (Å²) in [6.45, 7) is 2.94. The van der Waals surface area contributed by atoms with Gasteiger partial charge in [0.25, 0.3) is 5.91 Å². The van der Waals surface area contributed by atoms with Gasteiger partial charge in [-0.15, -0.1) is 0 Å². The number of amides is 1. The van der Waals surface area contributed by atoms with Gasteiger partial charge in [-0.1, -0.05) is 15.9 Å². The van der Waals surface area contributed by atoms with Gasteiger partial charge in [-0.3, -0.25) is 4.79 Å². The van der Waals surface area contributed by atoms with Gasteiger partial charge in [-0.05, 0) is 38.0 Å². The average Bonchev–Trinajstić information content (AvgIpc) is 2.31. The highest BCUT2D eigenvalue weighted by Crippen LogP contribution is 2.25. The molecule has 0 atom stereocenters. The van der Waals surface area contributed by atoms with Gasteiger partial charge in [-0.2, -0.15) is 0 Å². The number of nitrogens with zero attached hydrogens (tertiary/aromatic N) is 1. The number of likely N-dealkylation sites (tertiary alicyclic amines) is 1. The first kappa shape index (κ1) is 13.4. The molecule has 5 heteroatoms. The number of aliphatic hydroxyl groups is 1. The van der Waals surface area contributed by atoms with Gasteiger partial charge in [0.15, 0.2) is 0 Å². The van der Waals surface area contributed by atoms with Crippen LogP contribution in [-0.4, -0.2) is 34.6 Å². The molecule has 1 saturated heterocycles. The van der Waals surface area contributed by atoms with Crippen molar-refractivity contribution < 1.29 is 9.90 Å². The first-order chi connectivity index (χ1) is 8.39. The molecule has 0 aromatic heterocycles. The van der Waals surface area contributed by atoms with E-state index in [1.165, 1.54) is 0 Å². The molecule has 1 aromatic carbocycles. The molecule has 0 radical (unpaired) electrons. The van der Waals surface area contributed by atoms with Crippen LogP contribution in [0.5, 0.6) is 0 Å². The lowest BCUT2D eigenvalue weighted by atomic mass is 9.93. The van der Waals surface area contributed by atoms with Crippen molar-refractivity contribution in [2.24, 2.45) is 0 Å². The molecule has 4 nitrogen and oxygen atoms in total. The maximum absolute atomic E-state index is 12.3. The first-order valence-electron chi connectivity index (χ1n) is 5.96. The number of hydrogen-bond donors (Lipinski definition) is 2. The Balaban J connectivity index is 2.15. The van der Waals surface area contributed by atoms with Crippen molar-refractivity contribution in [1.82, 2.24) is 4.90 Å². The van der Waals surface area contributed by atoms with E-state index in [0.29, 0.717) is 37.2 Å². The number of nitrogens with two attached hydrogens (primary N) is 1. The third kappa shape index (κ3) is 2.84. The Labute approximate surface area is 115 Å². The number of anilines is 1. The van der Waals surface area contributed by atoms with E-state index >= 15 is 0 Å². The Morgan fingerprint density at radius 1 is 1.44 bits per heavy atom. The molecule has 1 fully saturated rings. The highest BCUT2D eigenvalue weighted by molar-refractivity contribution is 9.10. The van der Waals surface area contributed by atoms with E-state index in [1.54, 1.807) is 17.0 Å². The molecule has 0 bridgehead atoms. The van der Waals surface area contributed by atoms with Crippen LogP contribution in [0.15, 0.2) is 22.7 Å². The van der Waals surface area contributed by atoms with Crippen molar-refractivity contribution in [1.29, 1.82) is 0 Å². The summed E-state index contributed by atoms with van der Waals surface area (Å²) in [6.07, 6.45) is 1.21. The number of nitrogen functional groups attached to an aromatic ring is 1. The second-order valence-electron chi connectivity index (χ2n) is 5.02. The lowest BCUT2D eigenvalue weighted by molar-refractivity contribution is -0.00199. The summed E-state index contributed by atoms with van der Waals surface area (Å²) in [6, 6.07) is 5.27. The monoisotopic (exact) mass is 312 g/mol. The Morgan fingerprint density at radius 2 is 2.06 bits per heavy atom. The quantitative estimate of drug-likeness (QED) is 0.780. The van der Waals surface area contributed by atoms with Gasteiger partial charge < -0.3 is 15.7 Å². The number of piperidine rings is 1. The third-order valence-electron chi connectivity index (χ3n) is 3.37. The van der Waals surface area contributed by atoms with Crippen molar-refractivity contribution in [2.75, 3.05) is 18.8 Å². The number of halogens is 1. The molecule has 98 valence electrons. The van der Waals surface area contributed by atoms with Gasteiger partial charge in [-0.25, -0.2) is 0 Å². The summed E-state index contributed by atoms with van der Waals surface area (Å²) in [5.41, 5.74) is 6.19. The Bertz CT molecular complexity index is 464. The topological polar surface area (TPSA) is 66.6 Å². The van der Waals surface area contributed by atoms with Crippen LogP contribution in [0.2, 0.25) is 0 Å². The second-order valence-corrected chi connectivity index (χ2v) is 5.94. The predicted octanol–water partition coefficient (Wildman–Crippen LogP) is 2.02. The van der Waals surface area contributed by atoms with Gasteiger partial charge >= 0.3 is 0 Å². The zero-order chi connectivity index (χ0) is 13.3. The van der Waals surface area contributed by atoms with E-state index in [9.17, 15) is 9.90 Å². The van der Waals surface area contributed by atoms with E-state index in [-0.39, 0.29) is 5.91 Å². The molecule has 1 amide bonds. The minimum absolute atomic E-state index is 0.0655. The highest BCUT2D eigenvalue weighted by atomic mass is 79.9. The SMILES string of the molecule is CC1(O)CCN(C(=O)c2cc(Br)ccc2N)CC1. The third-order valence-corrected chi connectivity index (χ3v) is 3.87. The molecule has 1 aromatic rings. The van der Waals surface area contributed by atoms with Crippen molar-refractivity contribution in [2.45, 2.75) is 25.4 Å². The maximum Gasteiger partial charge on any atom is 0.255 e. The van der Waals surface area contributed by atoms with Gasteiger partial charge in [0.2, 0.25) is 0 Å². The fraction of sp³-hybridized carbons (Fsp3) is 0.462. The fourth-order valence-electron chi connectivity index (χ4n) is 2.08. The fourth-order valence-corrected chi connectivity index (χ4v) is 2.44. The Morgan fingerprint density at radius 3 is 2.67 bits per heavy atom. The lowest BCUT2D eigenvalue weighted by Gasteiger charge is -2.36. The van der Waals surface area contributed by atoms with E-state index < -0.39 is 5.60 Å². The van der Waals surface area contributed by atoms with Gasteiger partial charge in [0.1, 0.15) is 0 Å². The highest BCUT2D eigenvalue weighted by Gasteiger charge is 2.30. The predicted molar refractivity (Wildman–Crippen MR) is 74.3 cm³/mol. The minimum Gasteiger partial charge on any atom is -0.398 e. The normalized spacial score (nSPS) is 18.7. The van der Waals surface area contributed by atoms with Crippen molar-refractivity contribution in [3.8, 4) is 0 Å². The van der Waals surface area contributed by atoms with Crippen LogP contribution < -0.4 is 5.73 Å². The molecule has 0 unspecified atom stereocenters. The van der Waals surface area contributed by atoms with Crippen LogP contribution in [0.4, 0.5) is 5.69 Å². The zero-order valence-corrected chi connectivity index (χ0v) is 11.9. The molecule has 1 aliphatic rings. The van der Waals surface area contributed by atoms with Crippen LogP contribution in [-0.2, 0) is 0 Å². The summed E-state index contributed by atoms with van der Waals surface area (Å²) in [5.74, 6) is -0.0655. The summed E-state index contributed by atoms with van der Waals surface area (Å²) >= 11 is 3.34. The molecule has 2 rings (SSSR count). The van der Waals surface area contributed by atoms with Crippen LogP contribution in [0, 0.1) is 0 Å². The summed E-state index contributed by atoms with van der Waals surface area (Å²) in [4.78, 5) is 14.1. The first-order valence-corrected chi connectivity index (χ1v) is 6.75. The van der Waals surface area contributed by atoms with E-state index in [1.807, 2.05) is 13.0 Å². The Kier molecular flexibility index (Phi) is 3.64. The molecule has 0 saturated carbocycles. The van der Waals surface area contributed by atoms with Crippen LogP contribution in [0.1, 0.15) is 30.1 Å². The molecule has 1 heterocycles. The second kappa shape index (κ2) is 4.90. The van der Waals surface area contributed by atoms with E-state index in [0.717, 1.165) is 4.47 Å². The lowest BCUT2D eigenvalue weighted by Crippen LogP contribution is -2.45. The molecule has 1 aliphatic heterocycles.